The average molecular weight is 443 g/mol. The van der Waals surface area contributed by atoms with Gasteiger partial charge < -0.3 is 5.11 Å². The lowest BCUT2D eigenvalue weighted by atomic mass is 9.43. The molecule has 0 aromatic carbocycles. The van der Waals surface area contributed by atoms with Crippen molar-refractivity contribution in [2.75, 3.05) is 0 Å². The van der Waals surface area contributed by atoms with Crippen molar-refractivity contribution in [3.05, 3.63) is 12.2 Å². The van der Waals surface area contributed by atoms with Crippen LogP contribution in [0.3, 0.4) is 0 Å². The molecule has 0 spiro atoms. The van der Waals surface area contributed by atoms with Crippen LogP contribution in [0.25, 0.3) is 0 Å². The minimum Gasteiger partial charge on any atom is -0.393 e. The molecular formula is C31H54O. The minimum absolute atomic E-state index is 0.0720. The number of hydrogen-bond acceptors (Lipinski definition) is 1. The predicted octanol–water partition coefficient (Wildman–Crippen LogP) is 8.66. The lowest BCUT2D eigenvalue weighted by molar-refractivity contribution is -0.152. The summed E-state index contributed by atoms with van der Waals surface area (Å²) in [6, 6.07) is 0. The highest BCUT2D eigenvalue weighted by Gasteiger charge is 2.61. The van der Waals surface area contributed by atoms with Gasteiger partial charge in [-0.25, -0.2) is 0 Å². The van der Waals surface area contributed by atoms with Gasteiger partial charge in [0.05, 0.1) is 6.10 Å². The molecule has 4 fully saturated rings. The van der Waals surface area contributed by atoms with Crippen LogP contribution in [0.1, 0.15) is 119 Å². The van der Waals surface area contributed by atoms with Crippen LogP contribution in [0, 0.1) is 58.2 Å². The maximum atomic E-state index is 10.9. The molecule has 4 rings (SSSR count). The van der Waals surface area contributed by atoms with Gasteiger partial charge in [-0.05, 0) is 123 Å². The molecule has 0 heterocycles. The quantitative estimate of drug-likeness (QED) is 0.391. The van der Waals surface area contributed by atoms with Gasteiger partial charge in [-0.1, -0.05) is 66.0 Å². The van der Waals surface area contributed by atoms with Gasteiger partial charge in [-0.2, -0.15) is 0 Å². The summed E-state index contributed by atoms with van der Waals surface area (Å²) in [5, 5.41) is 10.9. The van der Waals surface area contributed by atoms with Crippen LogP contribution in [-0.4, -0.2) is 11.2 Å². The van der Waals surface area contributed by atoms with Crippen LogP contribution in [0.4, 0.5) is 0 Å². The number of hydrogen-bond donors (Lipinski definition) is 1. The number of fused-ring (bicyclic) bond motifs is 5. The molecule has 1 N–H and O–H groups in total. The van der Waals surface area contributed by atoms with Gasteiger partial charge in [0.25, 0.3) is 0 Å². The second-order valence-corrected chi connectivity index (χ2v) is 13.7. The number of allylic oxidation sites excluding steroid dienone is 2. The van der Waals surface area contributed by atoms with Crippen molar-refractivity contribution in [1.82, 2.24) is 0 Å². The fourth-order valence-corrected chi connectivity index (χ4v) is 10.1. The second-order valence-electron chi connectivity index (χ2n) is 13.7. The third-order valence-corrected chi connectivity index (χ3v) is 11.8. The summed E-state index contributed by atoms with van der Waals surface area (Å²) in [7, 11) is 0. The van der Waals surface area contributed by atoms with Gasteiger partial charge in [0.2, 0.25) is 0 Å². The van der Waals surface area contributed by atoms with E-state index in [1.807, 2.05) is 0 Å². The van der Waals surface area contributed by atoms with Crippen LogP contribution in [0.15, 0.2) is 12.2 Å². The van der Waals surface area contributed by atoms with Gasteiger partial charge in [-0.15, -0.1) is 0 Å². The summed E-state index contributed by atoms with van der Waals surface area (Å²) in [6.45, 7) is 14.9. The van der Waals surface area contributed by atoms with Gasteiger partial charge in [0.1, 0.15) is 0 Å². The van der Waals surface area contributed by atoms with Crippen molar-refractivity contribution in [1.29, 1.82) is 0 Å². The van der Waals surface area contributed by atoms with Crippen molar-refractivity contribution in [3.63, 3.8) is 0 Å². The zero-order chi connectivity index (χ0) is 23.1. The summed E-state index contributed by atoms with van der Waals surface area (Å²) in [6.07, 6.45) is 20.9. The molecule has 0 saturated heterocycles. The molecule has 1 unspecified atom stereocenters. The summed E-state index contributed by atoms with van der Waals surface area (Å²) < 4.78 is 0. The summed E-state index contributed by atoms with van der Waals surface area (Å²) >= 11 is 0. The highest BCUT2D eigenvalue weighted by atomic mass is 16.3. The smallest absolute Gasteiger partial charge is 0.0574 e. The Morgan fingerprint density at radius 2 is 1.53 bits per heavy atom. The van der Waals surface area contributed by atoms with E-state index in [4.69, 9.17) is 0 Å². The predicted molar refractivity (Wildman–Crippen MR) is 137 cm³/mol. The molecule has 0 amide bonds. The molecule has 1 heteroatoms. The van der Waals surface area contributed by atoms with E-state index in [1.54, 1.807) is 0 Å². The van der Waals surface area contributed by atoms with Crippen molar-refractivity contribution >= 4 is 0 Å². The first-order valence-electron chi connectivity index (χ1n) is 14.5. The number of aliphatic hydroxyl groups excluding tert-OH is 1. The molecule has 0 aliphatic heterocycles. The van der Waals surface area contributed by atoms with Crippen molar-refractivity contribution in [2.45, 2.75) is 125 Å². The Morgan fingerprint density at radius 1 is 0.844 bits per heavy atom. The van der Waals surface area contributed by atoms with E-state index in [9.17, 15) is 5.11 Å². The Morgan fingerprint density at radius 3 is 2.25 bits per heavy atom. The second kappa shape index (κ2) is 9.75. The molecule has 184 valence electrons. The van der Waals surface area contributed by atoms with E-state index in [0.717, 1.165) is 54.3 Å². The molecule has 4 aliphatic carbocycles. The molecule has 1 nitrogen and oxygen atoms in total. The minimum atomic E-state index is -0.0720. The Balaban J connectivity index is 1.48. The van der Waals surface area contributed by atoms with E-state index in [2.05, 4.69) is 53.7 Å². The fourth-order valence-electron chi connectivity index (χ4n) is 10.1. The van der Waals surface area contributed by atoms with Crippen molar-refractivity contribution < 1.29 is 5.11 Å². The molecular weight excluding hydrogens is 388 g/mol. The maximum Gasteiger partial charge on any atom is 0.0574 e. The lowest BCUT2D eigenvalue weighted by Gasteiger charge is -2.62. The van der Waals surface area contributed by atoms with Crippen LogP contribution >= 0.6 is 0 Å². The summed E-state index contributed by atoms with van der Waals surface area (Å²) in [5.74, 6) is 6.79. The third kappa shape index (κ3) is 4.27. The molecule has 0 bridgehead atoms. The van der Waals surface area contributed by atoms with Gasteiger partial charge >= 0.3 is 0 Å². The van der Waals surface area contributed by atoms with E-state index >= 15 is 0 Å². The first kappa shape index (κ1) is 24.8. The highest BCUT2D eigenvalue weighted by Crippen LogP contribution is 2.69. The van der Waals surface area contributed by atoms with E-state index in [-0.39, 0.29) is 6.10 Å². The SMILES string of the molecule is C/C=C\C[C@H]1C2CC[C@H]3[C@@H]4CC[C@H]([C@H](C)CCCC(C)C)[C@@]4(C)CC[C@@H]3[C@@]2(C)CC[C@H]1O. The standard InChI is InChI=1S/C31H54O/c1-7-8-12-24-27-14-13-23-26-16-15-25(22(4)11-9-10-21(2)3)30(26,5)19-17-28(23)31(27,6)20-18-29(24)32/h7-8,21-29,32H,9-20H2,1-6H3/b8-7-/t22-,23+,24+,25-,26+,27?,28+,29-,30-,31+/m1/s1. The normalized spacial score (nSPS) is 47.3. The largest absolute Gasteiger partial charge is 0.393 e. The van der Waals surface area contributed by atoms with Gasteiger partial charge in [0, 0.05) is 0 Å². The van der Waals surface area contributed by atoms with E-state index < -0.39 is 0 Å². The molecule has 0 aromatic heterocycles. The first-order chi connectivity index (χ1) is 15.2. The number of rotatable bonds is 7. The molecule has 0 radical (unpaired) electrons. The van der Waals surface area contributed by atoms with Crippen LogP contribution in [-0.2, 0) is 0 Å². The zero-order valence-electron chi connectivity index (χ0n) is 22.3. The average Bonchev–Trinajstić information content (AvgIpc) is 3.10. The summed E-state index contributed by atoms with van der Waals surface area (Å²) in [4.78, 5) is 0. The van der Waals surface area contributed by atoms with Gasteiger partial charge in [-0.3, -0.25) is 0 Å². The van der Waals surface area contributed by atoms with E-state index in [0.29, 0.717) is 16.7 Å². The molecule has 10 atom stereocenters. The topological polar surface area (TPSA) is 20.2 Å². The Hall–Kier alpha value is -0.300. The fraction of sp³-hybridized carbons (Fsp3) is 0.935. The lowest BCUT2D eigenvalue weighted by Crippen LogP contribution is -2.56. The molecule has 0 aromatic rings. The number of aliphatic hydroxyl groups is 1. The van der Waals surface area contributed by atoms with Gasteiger partial charge in [0.15, 0.2) is 0 Å². The maximum absolute atomic E-state index is 10.9. The van der Waals surface area contributed by atoms with E-state index in [1.165, 1.54) is 64.2 Å². The van der Waals surface area contributed by atoms with Crippen LogP contribution in [0.2, 0.25) is 0 Å². The Bertz CT molecular complexity index is 651. The van der Waals surface area contributed by atoms with Crippen LogP contribution < -0.4 is 0 Å². The van der Waals surface area contributed by atoms with Crippen molar-refractivity contribution in [3.8, 4) is 0 Å². The zero-order valence-corrected chi connectivity index (χ0v) is 22.3. The molecule has 4 aliphatic rings. The molecule has 32 heavy (non-hydrogen) atoms. The monoisotopic (exact) mass is 442 g/mol. The summed E-state index contributed by atoms with van der Waals surface area (Å²) in [5.41, 5.74) is 1.07. The Kier molecular flexibility index (Phi) is 7.56. The van der Waals surface area contributed by atoms with Crippen molar-refractivity contribution in [2.24, 2.45) is 58.2 Å². The third-order valence-electron chi connectivity index (χ3n) is 11.8. The molecule has 4 saturated carbocycles. The van der Waals surface area contributed by atoms with Crippen LogP contribution in [0.5, 0.6) is 0 Å². The first-order valence-corrected chi connectivity index (χ1v) is 14.5. The Labute approximate surface area is 200 Å². The highest BCUT2D eigenvalue weighted by molar-refractivity contribution is 5.11.